The second kappa shape index (κ2) is 11.0. The van der Waals surface area contributed by atoms with E-state index in [-0.39, 0.29) is 24.1 Å². The Morgan fingerprint density at radius 2 is 1.86 bits per heavy atom. The third kappa shape index (κ3) is 5.55. The molecule has 3 saturated heterocycles. The van der Waals surface area contributed by atoms with Crippen molar-refractivity contribution in [3.63, 3.8) is 0 Å². The number of pyridine rings is 1. The van der Waals surface area contributed by atoms with Crippen LogP contribution >= 0.6 is 0 Å². The maximum absolute atomic E-state index is 13.2. The highest BCUT2D eigenvalue weighted by molar-refractivity contribution is 5.96. The highest BCUT2D eigenvalue weighted by Crippen LogP contribution is 2.33. The molecule has 36 heavy (non-hydrogen) atoms. The number of amides is 2. The lowest BCUT2D eigenvalue weighted by Gasteiger charge is -2.25. The lowest BCUT2D eigenvalue weighted by atomic mass is 10.0. The first kappa shape index (κ1) is 24.7. The number of benzene rings is 1. The van der Waals surface area contributed by atoms with Gasteiger partial charge in [-0.15, -0.1) is 0 Å². The number of alkyl carbamates (subject to hydrolysis) is 1. The maximum Gasteiger partial charge on any atom is 0.407 e. The van der Waals surface area contributed by atoms with E-state index >= 15 is 0 Å². The minimum atomic E-state index is -0.382. The number of nitrogens with one attached hydrogen (secondary N) is 1. The Balaban J connectivity index is 1.15. The van der Waals surface area contributed by atoms with Crippen molar-refractivity contribution in [2.24, 2.45) is 11.8 Å². The summed E-state index contributed by atoms with van der Waals surface area (Å²) in [6, 6.07) is 11.9. The molecule has 8 nitrogen and oxygen atoms in total. The fraction of sp³-hybridized carbons (Fsp3) is 0.536. The Bertz CT molecular complexity index is 1040. The van der Waals surface area contributed by atoms with Crippen molar-refractivity contribution >= 4 is 12.0 Å². The zero-order valence-electron chi connectivity index (χ0n) is 21.2. The zero-order valence-corrected chi connectivity index (χ0v) is 21.2. The second-order valence-electron chi connectivity index (χ2n) is 10.4. The van der Waals surface area contributed by atoms with Gasteiger partial charge in [0.2, 0.25) is 0 Å². The van der Waals surface area contributed by atoms with Gasteiger partial charge in [-0.25, -0.2) is 4.79 Å². The summed E-state index contributed by atoms with van der Waals surface area (Å²) in [6.07, 6.45) is 2.77. The molecular formula is C28H36N4O4. The van der Waals surface area contributed by atoms with Crippen LogP contribution < -0.4 is 5.32 Å². The SMILES string of the molecule is Cc1ccnc(C)c1C(=O)N1CC2CN(CCC(NC(=O)O[C@@H]3CCOC3)c3ccccc3)C[C@H]2C1. The molecular weight excluding hydrogens is 456 g/mol. The highest BCUT2D eigenvalue weighted by Gasteiger charge is 2.42. The number of carbonyl (C=O) groups excluding carboxylic acids is 2. The summed E-state index contributed by atoms with van der Waals surface area (Å²) in [7, 11) is 0. The number of hydrogen-bond acceptors (Lipinski definition) is 6. The summed E-state index contributed by atoms with van der Waals surface area (Å²) in [5, 5.41) is 3.08. The second-order valence-corrected chi connectivity index (χ2v) is 10.4. The van der Waals surface area contributed by atoms with E-state index in [1.54, 1.807) is 6.20 Å². The molecule has 2 unspecified atom stereocenters. The number of fused-ring (bicyclic) bond motifs is 1. The predicted molar refractivity (Wildman–Crippen MR) is 136 cm³/mol. The predicted octanol–water partition coefficient (Wildman–Crippen LogP) is 3.35. The van der Waals surface area contributed by atoms with Gasteiger partial charge >= 0.3 is 6.09 Å². The molecule has 8 heteroatoms. The van der Waals surface area contributed by atoms with Gasteiger partial charge in [0.25, 0.3) is 5.91 Å². The van der Waals surface area contributed by atoms with Gasteiger partial charge in [-0.3, -0.25) is 9.78 Å². The van der Waals surface area contributed by atoms with Crippen LogP contribution in [-0.2, 0) is 9.47 Å². The first-order chi connectivity index (χ1) is 17.5. The first-order valence-electron chi connectivity index (χ1n) is 13.0. The van der Waals surface area contributed by atoms with Gasteiger partial charge in [-0.2, -0.15) is 0 Å². The molecule has 0 bridgehead atoms. The molecule has 1 N–H and O–H groups in total. The summed E-state index contributed by atoms with van der Waals surface area (Å²) in [4.78, 5) is 34.6. The van der Waals surface area contributed by atoms with Crippen LogP contribution in [0.1, 0.15) is 46.1 Å². The quantitative estimate of drug-likeness (QED) is 0.638. The minimum Gasteiger partial charge on any atom is -0.444 e. The standard InChI is InChI=1S/C28H36N4O4/c1-19-8-11-29-20(2)26(19)27(33)32-16-22-14-31(15-23(22)17-32)12-9-25(21-6-4-3-5-7-21)30-28(34)36-24-10-13-35-18-24/h3-8,11,22-25H,9-10,12-18H2,1-2H3,(H,30,34)/t22-,23?,24+,25?/m0/s1. The van der Waals surface area contributed by atoms with E-state index < -0.39 is 0 Å². The number of rotatable bonds is 7. The molecule has 0 saturated carbocycles. The molecule has 4 atom stereocenters. The number of carbonyl (C=O) groups is 2. The molecule has 3 aliphatic heterocycles. The average molecular weight is 493 g/mol. The van der Waals surface area contributed by atoms with Crippen LogP contribution in [0.25, 0.3) is 0 Å². The molecule has 3 aliphatic rings. The molecule has 2 amide bonds. The Kier molecular flexibility index (Phi) is 7.53. The van der Waals surface area contributed by atoms with Gasteiger partial charge in [-0.1, -0.05) is 30.3 Å². The van der Waals surface area contributed by atoms with Crippen LogP contribution in [0.4, 0.5) is 4.79 Å². The molecule has 3 fully saturated rings. The molecule has 4 heterocycles. The van der Waals surface area contributed by atoms with Gasteiger partial charge in [0.05, 0.1) is 30.5 Å². The summed E-state index contributed by atoms with van der Waals surface area (Å²) >= 11 is 0. The van der Waals surface area contributed by atoms with E-state index in [1.807, 2.05) is 55.1 Å². The van der Waals surface area contributed by atoms with Crippen molar-refractivity contribution < 1.29 is 19.1 Å². The number of likely N-dealkylation sites (tertiary alicyclic amines) is 2. The molecule has 0 spiro atoms. The van der Waals surface area contributed by atoms with Crippen molar-refractivity contribution in [2.45, 2.75) is 38.8 Å². The van der Waals surface area contributed by atoms with Crippen LogP contribution in [0.15, 0.2) is 42.6 Å². The van der Waals surface area contributed by atoms with E-state index in [9.17, 15) is 9.59 Å². The Morgan fingerprint density at radius 1 is 1.11 bits per heavy atom. The lowest BCUT2D eigenvalue weighted by Crippen LogP contribution is -2.36. The van der Waals surface area contributed by atoms with E-state index in [0.717, 1.165) is 67.9 Å². The van der Waals surface area contributed by atoms with Crippen molar-refractivity contribution in [3.8, 4) is 0 Å². The van der Waals surface area contributed by atoms with Crippen molar-refractivity contribution in [2.75, 3.05) is 45.9 Å². The molecule has 0 radical (unpaired) electrons. The van der Waals surface area contributed by atoms with Gasteiger partial charge in [0.15, 0.2) is 0 Å². The fourth-order valence-corrected chi connectivity index (χ4v) is 5.87. The topological polar surface area (TPSA) is 84.0 Å². The van der Waals surface area contributed by atoms with Crippen LogP contribution in [0.2, 0.25) is 0 Å². The summed E-state index contributed by atoms with van der Waals surface area (Å²) in [6.45, 7) is 9.43. The van der Waals surface area contributed by atoms with Gasteiger partial charge in [0, 0.05) is 45.3 Å². The fourth-order valence-electron chi connectivity index (χ4n) is 5.87. The average Bonchev–Trinajstić information content (AvgIpc) is 3.59. The van der Waals surface area contributed by atoms with Crippen LogP contribution in [0.3, 0.4) is 0 Å². The maximum atomic E-state index is 13.2. The van der Waals surface area contributed by atoms with E-state index in [1.165, 1.54) is 0 Å². The number of nitrogens with zero attached hydrogens (tertiary/aromatic N) is 3. The highest BCUT2D eigenvalue weighted by atomic mass is 16.6. The van der Waals surface area contributed by atoms with Crippen LogP contribution in [0, 0.1) is 25.7 Å². The van der Waals surface area contributed by atoms with Crippen LogP contribution in [-0.4, -0.2) is 78.8 Å². The zero-order chi connectivity index (χ0) is 25.1. The van der Waals surface area contributed by atoms with E-state index in [0.29, 0.717) is 25.0 Å². The third-order valence-corrected chi connectivity index (χ3v) is 7.80. The third-order valence-electron chi connectivity index (χ3n) is 7.80. The number of aryl methyl sites for hydroxylation is 2. The minimum absolute atomic E-state index is 0.110. The van der Waals surface area contributed by atoms with Crippen molar-refractivity contribution in [1.82, 2.24) is 20.1 Å². The lowest BCUT2D eigenvalue weighted by molar-refractivity contribution is 0.0771. The summed E-state index contributed by atoms with van der Waals surface area (Å²) in [5.41, 5.74) is 3.62. The van der Waals surface area contributed by atoms with Gasteiger partial charge in [0.1, 0.15) is 6.10 Å². The first-order valence-corrected chi connectivity index (χ1v) is 13.0. The molecule has 2 aromatic rings. The Hall–Kier alpha value is -2.97. The van der Waals surface area contributed by atoms with Gasteiger partial charge < -0.3 is 24.6 Å². The normalized spacial score (nSPS) is 24.5. The number of hydrogen-bond donors (Lipinski definition) is 1. The van der Waals surface area contributed by atoms with Gasteiger partial charge in [-0.05, 0) is 49.3 Å². The molecule has 1 aromatic heterocycles. The van der Waals surface area contributed by atoms with Crippen LogP contribution in [0.5, 0.6) is 0 Å². The molecule has 5 rings (SSSR count). The molecule has 1 aromatic carbocycles. The smallest absolute Gasteiger partial charge is 0.407 e. The molecule has 0 aliphatic carbocycles. The Labute approximate surface area is 213 Å². The Morgan fingerprint density at radius 3 is 2.53 bits per heavy atom. The number of ether oxygens (including phenoxy) is 2. The summed E-state index contributed by atoms with van der Waals surface area (Å²) < 4.78 is 10.9. The monoisotopic (exact) mass is 492 g/mol. The molecule has 192 valence electrons. The largest absolute Gasteiger partial charge is 0.444 e. The van der Waals surface area contributed by atoms with Crippen molar-refractivity contribution in [3.05, 3.63) is 65.0 Å². The number of aromatic nitrogens is 1. The van der Waals surface area contributed by atoms with E-state index in [2.05, 4.69) is 15.2 Å². The van der Waals surface area contributed by atoms with E-state index in [4.69, 9.17) is 9.47 Å². The summed E-state index contributed by atoms with van der Waals surface area (Å²) in [5.74, 6) is 1.09. The van der Waals surface area contributed by atoms with Crippen molar-refractivity contribution in [1.29, 1.82) is 0 Å².